The van der Waals surface area contributed by atoms with E-state index in [9.17, 15) is 40.5 Å². The van der Waals surface area contributed by atoms with E-state index in [-0.39, 0.29) is 0 Å². The molecule has 0 aromatic heterocycles. The van der Waals surface area contributed by atoms with E-state index in [1.807, 2.05) is 0 Å². The summed E-state index contributed by atoms with van der Waals surface area (Å²) >= 11 is 0. The molecule has 1 rings (SSSR count). The Kier molecular flexibility index (Phi) is 10.1. The van der Waals surface area contributed by atoms with Crippen molar-refractivity contribution in [3.05, 3.63) is 0 Å². The molecule has 13 nitrogen and oxygen atoms in total. The normalized spacial score (nSPS) is 32.5. The van der Waals surface area contributed by atoms with Gasteiger partial charge in [0.15, 0.2) is 6.29 Å². The molecule has 0 amide bonds. The number of ether oxygens (including phenoxy) is 4. The molecule has 1 aliphatic rings. The molecule has 0 spiro atoms. The van der Waals surface area contributed by atoms with Crippen LogP contribution in [0.25, 0.3) is 0 Å². The first kappa shape index (κ1) is 25.1. The van der Waals surface area contributed by atoms with E-state index >= 15 is 0 Å². The maximum atomic E-state index is 11.8. The SMILES string of the molecule is CO[C@@H]1O[C@@H](CO)[C@H](O)C(O[C@](CCO)(OC[C@H](O)[C@H](O)CO)C(=O)O)C1O. The smallest absolute Gasteiger partial charge is 0.364 e. The summed E-state index contributed by atoms with van der Waals surface area (Å²) < 4.78 is 20.4. The zero-order chi connectivity index (χ0) is 21.5. The minimum absolute atomic E-state index is 0.678. The van der Waals surface area contributed by atoms with Crippen molar-refractivity contribution in [3.8, 4) is 0 Å². The van der Waals surface area contributed by atoms with Crippen LogP contribution in [0, 0.1) is 0 Å². The summed E-state index contributed by atoms with van der Waals surface area (Å²) in [6, 6.07) is 0. The van der Waals surface area contributed by atoms with Crippen molar-refractivity contribution in [1.29, 1.82) is 0 Å². The molecular formula is C15H28O13. The highest BCUT2D eigenvalue weighted by Crippen LogP contribution is 2.30. The van der Waals surface area contributed by atoms with E-state index in [1.165, 1.54) is 7.11 Å². The van der Waals surface area contributed by atoms with Crippen molar-refractivity contribution >= 4 is 5.97 Å². The summed E-state index contributed by atoms with van der Waals surface area (Å²) in [5.41, 5.74) is 0. The maximum absolute atomic E-state index is 11.8. The average molecular weight is 416 g/mol. The molecule has 1 aliphatic heterocycles. The lowest BCUT2D eigenvalue weighted by molar-refractivity contribution is -0.347. The molecule has 2 unspecified atom stereocenters. The van der Waals surface area contributed by atoms with Gasteiger partial charge in [0, 0.05) is 20.1 Å². The van der Waals surface area contributed by atoms with Crippen molar-refractivity contribution in [1.82, 2.24) is 0 Å². The molecule has 8 N–H and O–H groups in total. The number of carboxylic acids is 1. The highest BCUT2D eigenvalue weighted by atomic mass is 16.7. The van der Waals surface area contributed by atoms with E-state index in [2.05, 4.69) is 0 Å². The molecule has 0 bridgehead atoms. The second kappa shape index (κ2) is 11.3. The van der Waals surface area contributed by atoms with Crippen molar-refractivity contribution < 1.29 is 64.6 Å². The second-order valence-corrected chi connectivity index (χ2v) is 6.18. The monoisotopic (exact) mass is 416 g/mol. The summed E-state index contributed by atoms with van der Waals surface area (Å²) in [5.74, 6) is -4.40. The van der Waals surface area contributed by atoms with Gasteiger partial charge in [-0.3, -0.25) is 0 Å². The van der Waals surface area contributed by atoms with Crippen LogP contribution in [-0.4, -0.2) is 129 Å². The number of hydrogen-bond donors (Lipinski definition) is 8. The van der Waals surface area contributed by atoms with Crippen LogP contribution in [0.2, 0.25) is 0 Å². The quantitative estimate of drug-likeness (QED) is 0.141. The van der Waals surface area contributed by atoms with Crippen molar-refractivity contribution in [2.75, 3.05) is 33.5 Å². The van der Waals surface area contributed by atoms with Crippen molar-refractivity contribution in [2.24, 2.45) is 0 Å². The lowest BCUT2D eigenvalue weighted by atomic mass is 9.98. The predicted octanol–water partition coefficient (Wildman–Crippen LogP) is -4.65. The van der Waals surface area contributed by atoms with Gasteiger partial charge in [-0.2, -0.15) is 0 Å². The number of methoxy groups -OCH3 is 1. The number of carboxylic acid groups (broad SMARTS) is 1. The molecule has 28 heavy (non-hydrogen) atoms. The van der Waals surface area contributed by atoms with Crippen LogP contribution in [0.3, 0.4) is 0 Å². The summed E-state index contributed by atoms with van der Waals surface area (Å²) in [6.07, 6.45) is -11.7. The van der Waals surface area contributed by atoms with Gasteiger partial charge in [-0.25, -0.2) is 4.79 Å². The Labute approximate surface area is 160 Å². The van der Waals surface area contributed by atoms with Crippen LogP contribution in [0.4, 0.5) is 0 Å². The minimum atomic E-state index is -2.65. The Morgan fingerprint density at radius 1 is 1.14 bits per heavy atom. The van der Waals surface area contributed by atoms with Crippen molar-refractivity contribution in [2.45, 2.75) is 55.1 Å². The zero-order valence-corrected chi connectivity index (χ0v) is 15.2. The molecule has 13 heteroatoms. The third kappa shape index (κ3) is 5.77. The van der Waals surface area contributed by atoms with Gasteiger partial charge in [0.1, 0.15) is 36.6 Å². The van der Waals surface area contributed by atoms with E-state index in [0.717, 1.165) is 0 Å². The van der Waals surface area contributed by atoms with Crippen LogP contribution in [0.15, 0.2) is 0 Å². The minimum Gasteiger partial charge on any atom is -0.477 e. The van der Waals surface area contributed by atoms with E-state index in [0.29, 0.717) is 0 Å². The molecule has 166 valence electrons. The van der Waals surface area contributed by atoms with Gasteiger partial charge in [0.25, 0.3) is 5.79 Å². The molecule has 0 radical (unpaired) electrons. The molecule has 0 aromatic carbocycles. The number of hydrogen-bond acceptors (Lipinski definition) is 12. The topological polar surface area (TPSA) is 216 Å². The lowest BCUT2D eigenvalue weighted by Gasteiger charge is -2.44. The van der Waals surface area contributed by atoms with E-state index in [4.69, 9.17) is 24.1 Å². The zero-order valence-electron chi connectivity index (χ0n) is 15.2. The first-order valence-corrected chi connectivity index (χ1v) is 8.45. The molecule has 1 fully saturated rings. The fourth-order valence-electron chi connectivity index (χ4n) is 2.59. The van der Waals surface area contributed by atoms with Crippen LogP contribution >= 0.6 is 0 Å². The van der Waals surface area contributed by atoms with Crippen LogP contribution < -0.4 is 0 Å². The third-order valence-electron chi connectivity index (χ3n) is 4.27. The predicted molar refractivity (Wildman–Crippen MR) is 86.8 cm³/mol. The Morgan fingerprint density at radius 3 is 2.25 bits per heavy atom. The van der Waals surface area contributed by atoms with Gasteiger partial charge < -0.3 is 59.8 Å². The summed E-state index contributed by atoms with van der Waals surface area (Å²) in [5, 5.41) is 76.6. The second-order valence-electron chi connectivity index (χ2n) is 6.18. The van der Waals surface area contributed by atoms with Gasteiger partial charge in [-0.1, -0.05) is 0 Å². The third-order valence-corrected chi connectivity index (χ3v) is 4.27. The summed E-state index contributed by atoms with van der Waals surface area (Å²) in [7, 11) is 1.17. The molecule has 0 aromatic rings. The number of carbonyl (C=O) groups is 1. The van der Waals surface area contributed by atoms with Gasteiger partial charge >= 0.3 is 5.97 Å². The largest absolute Gasteiger partial charge is 0.477 e. The summed E-state index contributed by atoms with van der Waals surface area (Å²) in [4.78, 5) is 11.8. The van der Waals surface area contributed by atoms with Gasteiger partial charge in [0.2, 0.25) is 0 Å². The molecule has 1 saturated heterocycles. The fourth-order valence-corrected chi connectivity index (χ4v) is 2.59. The number of aliphatic carboxylic acids is 1. The Bertz CT molecular complexity index is 461. The van der Waals surface area contributed by atoms with Crippen LogP contribution in [-0.2, 0) is 23.7 Å². The fraction of sp³-hybridized carbons (Fsp3) is 0.933. The lowest BCUT2D eigenvalue weighted by Crippen LogP contribution is -2.63. The Balaban J connectivity index is 3.10. The average Bonchev–Trinajstić information content (AvgIpc) is 2.68. The Hall–Kier alpha value is -0.970. The molecule has 0 saturated carbocycles. The van der Waals surface area contributed by atoms with Gasteiger partial charge in [-0.15, -0.1) is 0 Å². The van der Waals surface area contributed by atoms with Crippen LogP contribution in [0.1, 0.15) is 6.42 Å². The van der Waals surface area contributed by atoms with E-state index in [1.54, 1.807) is 0 Å². The first-order valence-electron chi connectivity index (χ1n) is 8.45. The van der Waals surface area contributed by atoms with Gasteiger partial charge in [-0.05, 0) is 0 Å². The van der Waals surface area contributed by atoms with E-state index < -0.39 is 87.5 Å². The summed E-state index contributed by atoms with van der Waals surface area (Å²) in [6.45, 7) is -3.09. The highest BCUT2D eigenvalue weighted by molar-refractivity contribution is 5.75. The molecule has 0 aliphatic carbocycles. The van der Waals surface area contributed by atoms with Crippen molar-refractivity contribution in [3.63, 3.8) is 0 Å². The number of aliphatic hydroxyl groups is 7. The Morgan fingerprint density at radius 2 is 1.79 bits per heavy atom. The maximum Gasteiger partial charge on any atom is 0.364 e. The first-order chi connectivity index (χ1) is 13.2. The number of aliphatic hydroxyl groups excluding tert-OH is 7. The van der Waals surface area contributed by atoms with Gasteiger partial charge in [0.05, 0.1) is 19.8 Å². The van der Waals surface area contributed by atoms with Crippen LogP contribution in [0.5, 0.6) is 0 Å². The molecule has 1 heterocycles. The standard InChI is InChI=1S/C15H28O13/c1-25-13-11(22)12(10(21)9(5-18)27-13)28-15(2-3-16,14(23)24)26-6-8(20)7(19)4-17/h7-13,16-22H,2-6H2,1H3,(H,23,24)/t7-,8+,9+,10+,11?,12?,13-,15+/m1/s1. The molecular weight excluding hydrogens is 388 g/mol. The highest BCUT2D eigenvalue weighted by Gasteiger charge is 2.52. The number of rotatable bonds is 12. The molecule has 8 atom stereocenters.